The van der Waals surface area contributed by atoms with Gasteiger partial charge in [-0.3, -0.25) is 0 Å². The molecule has 0 amide bonds. The van der Waals surface area contributed by atoms with Gasteiger partial charge in [0.1, 0.15) is 0 Å². The van der Waals surface area contributed by atoms with E-state index in [0.29, 0.717) is 17.4 Å². The monoisotopic (exact) mass is 436 g/mol. The second kappa shape index (κ2) is 8.34. The van der Waals surface area contributed by atoms with Crippen molar-refractivity contribution in [3.05, 3.63) is 0 Å². The highest BCUT2D eigenvalue weighted by atomic mass is 79.9. The Morgan fingerprint density at radius 1 is 0.909 bits per heavy atom. The summed E-state index contributed by atoms with van der Waals surface area (Å²) < 4.78 is 5.71. The van der Waals surface area contributed by atoms with Crippen molar-refractivity contribution in [1.82, 2.24) is 0 Å². The zero-order chi connectivity index (χ0) is 16.3. The van der Waals surface area contributed by atoms with Gasteiger partial charge in [0.25, 0.3) is 0 Å². The van der Waals surface area contributed by atoms with E-state index in [1.807, 2.05) is 7.11 Å². The number of rotatable bonds is 5. The smallest absolute Gasteiger partial charge is 0.0607 e. The van der Waals surface area contributed by atoms with Gasteiger partial charge < -0.3 is 4.74 Å². The molecular formula is C19H34Br2O. The minimum absolute atomic E-state index is 0.466. The Hall–Kier alpha value is 0.920. The van der Waals surface area contributed by atoms with Crippen LogP contribution in [0.25, 0.3) is 0 Å². The molecule has 2 rings (SSSR count). The van der Waals surface area contributed by atoms with E-state index in [4.69, 9.17) is 4.74 Å². The van der Waals surface area contributed by atoms with Gasteiger partial charge in [-0.05, 0) is 67.1 Å². The van der Waals surface area contributed by atoms with E-state index in [-0.39, 0.29) is 0 Å². The summed E-state index contributed by atoms with van der Waals surface area (Å²) in [7, 11) is 1.88. The molecule has 2 fully saturated rings. The van der Waals surface area contributed by atoms with Gasteiger partial charge in [0, 0.05) is 17.8 Å². The van der Waals surface area contributed by atoms with Gasteiger partial charge in [-0.2, -0.15) is 0 Å². The Morgan fingerprint density at radius 3 is 2.00 bits per heavy atom. The van der Waals surface area contributed by atoms with Crippen LogP contribution >= 0.6 is 31.9 Å². The van der Waals surface area contributed by atoms with Crippen LogP contribution < -0.4 is 0 Å². The predicted octanol–water partition coefficient (Wildman–Crippen LogP) is 6.29. The molecule has 22 heavy (non-hydrogen) atoms. The van der Waals surface area contributed by atoms with Gasteiger partial charge in [-0.15, -0.1) is 0 Å². The second-order valence-corrected chi connectivity index (χ2v) is 9.72. The number of alkyl halides is 2. The molecule has 0 bridgehead atoms. The quantitative estimate of drug-likeness (QED) is 0.459. The van der Waals surface area contributed by atoms with Crippen LogP contribution in [0.5, 0.6) is 0 Å². The molecule has 3 heteroatoms. The SMILES string of the molecule is COC1CCC(C(C)(C)C2CCC(C)C(CBr)C2)CC1CBr. The molecule has 0 saturated heterocycles. The van der Waals surface area contributed by atoms with Crippen molar-refractivity contribution in [2.24, 2.45) is 35.0 Å². The standard InChI is InChI=1S/C19H34Br2O/c1-13-5-6-16(9-14(13)11-20)19(2,3)17-7-8-18(22-4)15(10-17)12-21/h13-18H,5-12H2,1-4H3. The largest absolute Gasteiger partial charge is 0.381 e. The zero-order valence-electron chi connectivity index (χ0n) is 14.8. The molecule has 2 saturated carbocycles. The first-order chi connectivity index (χ1) is 10.4. The van der Waals surface area contributed by atoms with Gasteiger partial charge in [0.05, 0.1) is 6.10 Å². The number of methoxy groups -OCH3 is 1. The lowest BCUT2D eigenvalue weighted by Crippen LogP contribution is -2.43. The molecule has 0 aromatic rings. The Labute approximate surface area is 154 Å². The van der Waals surface area contributed by atoms with Gasteiger partial charge in [-0.1, -0.05) is 59.1 Å². The summed E-state index contributed by atoms with van der Waals surface area (Å²) in [4.78, 5) is 0. The maximum Gasteiger partial charge on any atom is 0.0607 e. The normalized spacial score (nSPS) is 40.6. The van der Waals surface area contributed by atoms with Crippen LogP contribution in [-0.4, -0.2) is 23.9 Å². The lowest BCUT2D eigenvalue weighted by Gasteiger charge is -2.49. The zero-order valence-corrected chi connectivity index (χ0v) is 18.0. The van der Waals surface area contributed by atoms with Crippen molar-refractivity contribution in [3.8, 4) is 0 Å². The van der Waals surface area contributed by atoms with Gasteiger partial charge in [0.15, 0.2) is 0 Å². The highest BCUT2D eigenvalue weighted by Crippen LogP contribution is 2.51. The van der Waals surface area contributed by atoms with Crippen molar-refractivity contribution in [2.45, 2.75) is 65.4 Å². The maximum atomic E-state index is 5.71. The molecule has 1 nitrogen and oxygen atoms in total. The number of halogens is 2. The third-order valence-corrected chi connectivity index (χ3v) is 8.74. The van der Waals surface area contributed by atoms with Crippen LogP contribution in [0.1, 0.15) is 59.3 Å². The molecule has 0 radical (unpaired) electrons. The number of hydrogen-bond acceptors (Lipinski definition) is 1. The van der Waals surface area contributed by atoms with E-state index >= 15 is 0 Å². The molecule has 0 N–H and O–H groups in total. The fourth-order valence-electron chi connectivity index (χ4n) is 5.02. The number of ether oxygens (including phenoxy) is 1. The summed E-state index contributed by atoms with van der Waals surface area (Å²) in [5, 5.41) is 2.27. The van der Waals surface area contributed by atoms with E-state index in [2.05, 4.69) is 52.6 Å². The van der Waals surface area contributed by atoms with Gasteiger partial charge in [-0.25, -0.2) is 0 Å². The predicted molar refractivity (Wildman–Crippen MR) is 103 cm³/mol. The fraction of sp³-hybridized carbons (Fsp3) is 1.00. The van der Waals surface area contributed by atoms with E-state index in [1.54, 1.807) is 0 Å². The Morgan fingerprint density at radius 2 is 1.45 bits per heavy atom. The first-order valence-corrected chi connectivity index (χ1v) is 11.3. The van der Waals surface area contributed by atoms with Crippen LogP contribution in [0.15, 0.2) is 0 Å². The molecule has 6 unspecified atom stereocenters. The average molecular weight is 438 g/mol. The molecule has 0 spiro atoms. The Bertz CT molecular complexity index is 344. The lowest BCUT2D eigenvalue weighted by molar-refractivity contribution is -0.0320. The average Bonchev–Trinajstić information content (AvgIpc) is 2.54. The first kappa shape index (κ1) is 19.2. The highest BCUT2D eigenvalue weighted by Gasteiger charge is 2.44. The Kier molecular flexibility index (Phi) is 7.29. The molecule has 0 aromatic carbocycles. The van der Waals surface area contributed by atoms with Crippen LogP contribution in [0.2, 0.25) is 0 Å². The van der Waals surface area contributed by atoms with Gasteiger partial charge >= 0.3 is 0 Å². The summed E-state index contributed by atoms with van der Waals surface area (Å²) in [6, 6.07) is 0. The van der Waals surface area contributed by atoms with E-state index in [1.165, 1.54) is 43.9 Å². The molecule has 130 valence electrons. The molecule has 2 aliphatic rings. The highest BCUT2D eigenvalue weighted by molar-refractivity contribution is 9.09. The molecule has 0 heterocycles. The van der Waals surface area contributed by atoms with E-state index < -0.39 is 0 Å². The third kappa shape index (κ3) is 4.11. The second-order valence-electron chi connectivity index (χ2n) is 8.42. The fourth-order valence-corrected chi connectivity index (χ4v) is 6.61. The summed E-state index contributed by atoms with van der Waals surface area (Å²) in [5.41, 5.74) is 0.472. The lowest BCUT2D eigenvalue weighted by atomic mass is 9.57. The summed E-state index contributed by atoms with van der Waals surface area (Å²) in [6.07, 6.45) is 8.66. The minimum atomic E-state index is 0.466. The van der Waals surface area contributed by atoms with Gasteiger partial charge in [0.2, 0.25) is 0 Å². The van der Waals surface area contributed by atoms with Crippen LogP contribution in [0.3, 0.4) is 0 Å². The van der Waals surface area contributed by atoms with Crippen molar-refractivity contribution in [3.63, 3.8) is 0 Å². The number of hydrogen-bond donors (Lipinski definition) is 0. The molecule has 6 atom stereocenters. The molecular weight excluding hydrogens is 404 g/mol. The maximum absolute atomic E-state index is 5.71. The van der Waals surface area contributed by atoms with Crippen LogP contribution in [0.4, 0.5) is 0 Å². The van der Waals surface area contributed by atoms with E-state index in [9.17, 15) is 0 Å². The topological polar surface area (TPSA) is 9.23 Å². The van der Waals surface area contributed by atoms with Crippen molar-refractivity contribution >= 4 is 31.9 Å². The van der Waals surface area contributed by atoms with Crippen LogP contribution in [0, 0.1) is 35.0 Å². The van der Waals surface area contributed by atoms with Crippen molar-refractivity contribution in [2.75, 3.05) is 17.8 Å². The minimum Gasteiger partial charge on any atom is -0.381 e. The van der Waals surface area contributed by atoms with E-state index in [0.717, 1.165) is 29.0 Å². The van der Waals surface area contributed by atoms with Crippen molar-refractivity contribution < 1.29 is 4.74 Å². The first-order valence-electron chi connectivity index (χ1n) is 9.08. The summed E-state index contributed by atoms with van der Waals surface area (Å²) in [5.74, 6) is 4.21. The van der Waals surface area contributed by atoms with Crippen molar-refractivity contribution in [1.29, 1.82) is 0 Å². The molecule has 0 aliphatic heterocycles. The Balaban J connectivity index is 2.03. The summed E-state index contributed by atoms with van der Waals surface area (Å²) in [6.45, 7) is 7.56. The summed E-state index contributed by atoms with van der Waals surface area (Å²) >= 11 is 7.48. The molecule has 2 aliphatic carbocycles. The third-order valence-electron chi connectivity index (χ3n) is 7.08. The van der Waals surface area contributed by atoms with Crippen LogP contribution in [-0.2, 0) is 4.74 Å². The molecule has 0 aromatic heterocycles.